The van der Waals surface area contributed by atoms with Crippen LogP contribution in [0, 0.1) is 27.7 Å². The Morgan fingerprint density at radius 1 is 0.526 bits per heavy atom. The molecule has 0 aliphatic heterocycles. The van der Waals surface area contributed by atoms with Crippen molar-refractivity contribution >= 4 is 41.8 Å². The molecule has 0 spiro atoms. The molecular formula is C28H30Na2O6S2. The fraction of sp³-hybridized carbons (Fsp3) is 0.286. The van der Waals surface area contributed by atoms with Crippen molar-refractivity contribution in [1.82, 2.24) is 0 Å². The van der Waals surface area contributed by atoms with Crippen molar-refractivity contribution in [3.05, 3.63) is 81.9 Å². The summed E-state index contributed by atoms with van der Waals surface area (Å²) >= 11 is 0. The smallest absolute Gasteiger partial charge is 0.744 e. The van der Waals surface area contributed by atoms with Crippen LogP contribution in [0.25, 0.3) is 21.5 Å². The first-order valence-electron chi connectivity index (χ1n) is 11.7. The molecule has 4 aromatic rings. The average molecular weight is 573 g/mol. The molecule has 0 heterocycles. The van der Waals surface area contributed by atoms with Gasteiger partial charge in [-0.2, -0.15) is 0 Å². The van der Waals surface area contributed by atoms with Crippen LogP contribution < -0.4 is 59.1 Å². The molecule has 0 aromatic heterocycles. The minimum absolute atomic E-state index is 0. The van der Waals surface area contributed by atoms with Crippen molar-refractivity contribution in [2.24, 2.45) is 0 Å². The van der Waals surface area contributed by atoms with Gasteiger partial charge >= 0.3 is 59.1 Å². The van der Waals surface area contributed by atoms with Crippen LogP contribution in [0.1, 0.15) is 47.2 Å². The van der Waals surface area contributed by atoms with Crippen LogP contribution in [0.4, 0.5) is 0 Å². The Morgan fingerprint density at radius 3 is 1.03 bits per heavy atom. The number of fused-ring (bicyclic) bond motifs is 2. The predicted octanol–water partition coefficient (Wildman–Crippen LogP) is -0.146. The van der Waals surface area contributed by atoms with Gasteiger partial charge in [0.2, 0.25) is 0 Å². The van der Waals surface area contributed by atoms with Crippen molar-refractivity contribution in [3.8, 4) is 0 Å². The van der Waals surface area contributed by atoms with Crippen molar-refractivity contribution in [2.75, 3.05) is 0 Å². The van der Waals surface area contributed by atoms with Gasteiger partial charge in [-0.05, 0) is 95.5 Å². The number of hydrogen-bond acceptors (Lipinski definition) is 6. The van der Waals surface area contributed by atoms with Crippen LogP contribution in [-0.2, 0) is 33.1 Å². The van der Waals surface area contributed by atoms with Crippen molar-refractivity contribution in [2.45, 2.75) is 64.2 Å². The largest absolute Gasteiger partial charge is 1.00 e. The van der Waals surface area contributed by atoms with Gasteiger partial charge in [0.25, 0.3) is 0 Å². The summed E-state index contributed by atoms with van der Waals surface area (Å²) in [5.74, 6) is 0. The Hall–Kier alpha value is -0.780. The van der Waals surface area contributed by atoms with Gasteiger partial charge in [-0.25, -0.2) is 16.8 Å². The molecule has 192 valence electrons. The molecule has 0 fully saturated rings. The molecule has 0 radical (unpaired) electrons. The minimum atomic E-state index is -4.46. The monoisotopic (exact) mass is 572 g/mol. The van der Waals surface area contributed by atoms with Crippen LogP contribution in [0.15, 0.2) is 58.3 Å². The maximum atomic E-state index is 11.5. The molecule has 6 nitrogen and oxygen atoms in total. The Balaban J connectivity index is 0.000000361. The topological polar surface area (TPSA) is 114 Å². The molecule has 0 atom stereocenters. The van der Waals surface area contributed by atoms with E-state index in [1.54, 1.807) is 24.3 Å². The third-order valence-corrected chi connectivity index (χ3v) is 8.87. The van der Waals surface area contributed by atoms with Crippen molar-refractivity contribution < 1.29 is 85.1 Å². The maximum Gasteiger partial charge on any atom is 1.00 e. The zero-order valence-corrected chi connectivity index (χ0v) is 28.9. The van der Waals surface area contributed by atoms with E-state index in [4.69, 9.17) is 0 Å². The minimum Gasteiger partial charge on any atom is -0.744 e. The third kappa shape index (κ3) is 6.92. The first kappa shape index (κ1) is 35.2. The van der Waals surface area contributed by atoms with Crippen LogP contribution >= 0.6 is 0 Å². The molecule has 0 amide bonds. The van der Waals surface area contributed by atoms with E-state index in [1.807, 2.05) is 65.8 Å². The first-order chi connectivity index (χ1) is 16.8. The molecular weight excluding hydrogens is 542 g/mol. The second kappa shape index (κ2) is 13.7. The van der Waals surface area contributed by atoms with Gasteiger partial charge in [0, 0.05) is 0 Å². The zero-order valence-electron chi connectivity index (χ0n) is 23.3. The van der Waals surface area contributed by atoms with Gasteiger partial charge in [-0.1, -0.05) is 62.4 Å². The van der Waals surface area contributed by atoms with E-state index in [2.05, 4.69) is 0 Å². The van der Waals surface area contributed by atoms with E-state index < -0.39 is 20.2 Å². The summed E-state index contributed by atoms with van der Waals surface area (Å²) in [5.41, 5.74) is 5.14. The zero-order chi connectivity index (χ0) is 27.0. The number of benzene rings is 4. The summed E-state index contributed by atoms with van der Waals surface area (Å²) in [5, 5.41) is 2.74. The van der Waals surface area contributed by atoms with Gasteiger partial charge in [0.05, 0.1) is 9.79 Å². The second-order valence-electron chi connectivity index (χ2n) is 8.82. The Bertz CT molecular complexity index is 1570. The molecule has 10 heteroatoms. The molecule has 0 bridgehead atoms. The average Bonchev–Trinajstić information content (AvgIpc) is 2.82. The Morgan fingerprint density at radius 2 is 0.789 bits per heavy atom. The van der Waals surface area contributed by atoms with E-state index >= 15 is 0 Å². The van der Waals surface area contributed by atoms with Gasteiger partial charge < -0.3 is 9.11 Å². The Kier molecular flexibility index (Phi) is 12.7. The number of rotatable bonds is 4. The second-order valence-corrected chi connectivity index (χ2v) is 11.5. The van der Waals surface area contributed by atoms with Gasteiger partial charge in [-0.15, -0.1) is 0 Å². The maximum absolute atomic E-state index is 11.5. The molecule has 0 N–H and O–H groups in total. The summed E-state index contributed by atoms with van der Waals surface area (Å²) in [4.78, 5) is -0.104. The molecule has 0 unspecified atom stereocenters. The summed E-state index contributed by atoms with van der Waals surface area (Å²) in [6.07, 6.45) is 1.07. The van der Waals surface area contributed by atoms with E-state index in [-0.39, 0.29) is 68.9 Å². The normalized spacial score (nSPS) is 11.4. The third-order valence-electron chi connectivity index (χ3n) is 6.94. The van der Waals surface area contributed by atoms with Crippen LogP contribution in [0.3, 0.4) is 0 Å². The fourth-order valence-electron chi connectivity index (χ4n) is 4.96. The van der Waals surface area contributed by atoms with Gasteiger partial charge in [0.1, 0.15) is 20.2 Å². The SMILES string of the molecule is CCc1c(C)c(C)c2ccccc2c1S(=O)(=O)[O-].CCc1c(C)c(C)c2ccccc2c1S(=O)(=O)[O-].[Na+].[Na+]. The molecule has 0 aliphatic carbocycles. The molecule has 4 rings (SSSR count). The van der Waals surface area contributed by atoms with E-state index in [0.29, 0.717) is 34.7 Å². The number of hydrogen-bond donors (Lipinski definition) is 0. The first-order valence-corrected chi connectivity index (χ1v) is 14.5. The van der Waals surface area contributed by atoms with Crippen LogP contribution in [-0.4, -0.2) is 25.9 Å². The van der Waals surface area contributed by atoms with E-state index in [9.17, 15) is 25.9 Å². The number of aryl methyl sites for hydroxylation is 2. The van der Waals surface area contributed by atoms with Crippen molar-refractivity contribution in [3.63, 3.8) is 0 Å². The Labute approximate surface area is 270 Å². The van der Waals surface area contributed by atoms with Gasteiger partial charge in [0.15, 0.2) is 0 Å². The predicted molar refractivity (Wildman–Crippen MR) is 142 cm³/mol. The molecule has 0 saturated heterocycles. The van der Waals surface area contributed by atoms with E-state index in [0.717, 1.165) is 33.0 Å². The standard InChI is InChI=1S/2C14H16O3S.2Na/c2*1-4-11-9(2)10(3)12-7-5-6-8-13(12)14(11)18(15,16)17;;/h2*5-8H,4H2,1-3H3,(H,15,16,17);;/q;;2*+1/p-2. The molecule has 0 aliphatic rings. The molecule has 0 saturated carbocycles. The summed E-state index contributed by atoms with van der Waals surface area (Å²) < 4.78 is 69.2. The summed E-state index contributed by atoms with van der Waals surface area (Å²) in [7, 11) is -8.92. The van der Waals surface area contributed by atoms with Crippen LogP contribution in [0.5, 0.6) is 0 Å². The van der Waals surface area contributed by atoms with Gasteiger partial charge in [-0.3, -0.25) is 0 Å². The quantitative estimate of drug-likeness (QED) is 0.248. The summed E-state index contributed by atoms with van der Waals surface area (Å²) in [6.45, 7) is 11.4. The van der Waals surface area contributed by atoms with Crippen LogP contribution in [0.2, 0.25) is 0 Å². The molecule has 38 heavy (non-hydrogen) atoms. The summed E-state index contributed by atoms with van der Waals surface area (Å²) in [6, 6.07) is 14.3. The van der Waals surface area contributed by atoms with Crippen molar-refractivity contribution in [1.29, 1.82) is 0 Å². The molecule has 4 aromatic carbocycles. The fourth-order valence-corrected chi connectivity index (χ4v) is 7.05. The van der Waals surface area contributed by atoms with E-state index in [1.165, 1.54) is 0 Å².